The number of rotatable bonds is 1. The fourth-order valence-corrected chi connectivity index (χ4v) is 0.759. The van der Waals surface area contributed by atoms with Crippen LogP contribution in [0.25, 0.3) is 0 Å². The van der Waals surface area contributed by atoms with Crippen molar-refractivity contribution in [1.82, 2.24) is 0 Å². The Bertz CT molecular complexity index is 217. The standard InChI is InChI=1S/C8H12O4/c1-6(9)12-7-4-10-8(2,3)11-5-7/h4H,5H2,1-3H3. The Hall–Kier alpha value is -1.03. The van der Waals surface area contributed by atoms with E-state index in [0.717, 1.165) is 0 Å². The van der Waals surface area contributed by atoms with Gasteiger partial charge in [0.15, 0.2) is 5.76 Å². The number of hydrogen-bond acceptors (Lipinski definition) is 4. The van der Waals surface area contributed by atoms with Crippen LogP contribution in [0, 0.1) is 0 Å². The van der Waals surface area contributed by atoms with Crippen molar-refractivity contribution in [1.29, 1.82) is 0 Å². The largest absolute Gasteiger partial charge is 0.467 e. The highest BCUT2D eigenvalue weighted by molar-refractivity contribution is 5.67. The first-order chi connectivity index (χ1) is 5.49. The highest BCUT2D eigenvalue weighted by Crippen LogP contribution is 2.19. The molecule has 0 atom stereocenters. The minimum absolute atomic E-state index is 0.270. The van der Waals surface area contributed by atoms with Gasteiger partial charge in [-0.25, -0.2) is 0 Å². The van der Waals surface area contributed by atoms with Crippen molar-refractivity contribution < 1.29 is 19.0 Å². The second-order valence-electron chi connectivity index (χ2n) is 2.98. The minimum Gasteiger partial charge on any atom is -0.467 e. The maximum atomic E-state index is 10.5. The van der Waals surface area contributed by atoms with Crippen LogP contribution in [0.4, 0.5) is 0 Å². The van der Waals surface area contributed by atoms with E-state index in [2.05, 4.69) is 0 Å². The molecule has 1 heterocycles. The molecule has 0 bridgehead atoms. The van der Waals surface area contributed by atoms with Crippen molar-refractivity contribution in [3.05, 3.63) is 12.0 Å². The predicted octanol–water partition coefficient (Wildman–Crippen LogP) is 1.17. The second kappa shape index (κ2) is 3.15. The minimum atomic E-state index is -0.621. The van der Waals surface area contributed by atoms with Crippen LogP contribution in [0.5, 0.6) is 0 Å². The molecular weight excluding hydrogens is 160 g/mol. The summed E-state index contributed by atoms with van der Waals surface area (Å²) in [7, 11) is 0. The van der Waals surface area contributed by atoms with E-state index < -0.39 is 5.79 Å². The van der Waals surface area contributed by atoms with Gasteiger partial charge in [-0.2, -0.15) is 0 Å². The number of hydrogen-bond donors (Lipinski definition) is 0. The lowest BCUT2D eigenvalue weighted by molar-refractivity contribution is -0.200. The van der Waals surface area contributed by atoms with E-state index in [0.29, 0.717) is 5.76 Å². The van der Waals surface area contributed by atoms with Crippen molar-refractivity contribution in [2.75, 3.05) is 6.61 Å². The van der Waals surface area contributed by atoms with E-state index >= 15 is 0 Å². The van der Waals surface area contributed by atoms with Gasteiger partial charge in [-0.15, -0.1) is 0 Å². The average Bonchev–Trinajstić information content (AvgIpc) is 1.93. The molecule has 0 amide bonds. The van der Waals surface area contributed by atoms with Crippen LogP contribution in [-0.2, 0) is 19.0 Å². The zero-order valence-electron chi connectivity index (χ0n) is 7.42. The van der Waals surface area contributed by atoms with Gasteiger partial charge in [-0.05, 0) is 0 Å². The molecule has 0 aliphatic carbocycles. The fraction of sp³-hybridized carbons (Fsp3) is 0.625. The summed E-state index contributed by atoms with van der Waals surface area (Å²) in [5.41, 5.74) is 0. The number of esters is 1. The highest BCUT2D eigenvalue weighted by atomic mass is 16.7. The normalized spacial score (nSPS) is 20.8. The summed E-state index contributed by atoms with van der Waals surface area (Å²) in [6.07, 6.45) is 1.41. The summed E-state index contributed by atoms with van der Waals surface area (Å²) in [5, 5.41) is 0. The number of carbonyl (C=O) groups is 1. The molecule has 12 heavy (non-hydrogen) atoms. The van der Waals surface area contributed by atoms with Gasteiger partial charge in [0, 0.05) is 20.8 Å². The lowest BCUT2D eigenvalue weighted by atomic mass is 10.3. The highest BCUT2D eigenvalue weighted by Gasteiger charge is 2.24. The van der Waals surface area contributed by atoms with Gasteiger partial charge >= 0.3 is 5.97 Å². The third-order valence-corrected chi connectivity index (χ3v) is 1.31. The molecule has 1 aliphatic heterocycles. The van der Waals surface area contributed by atoms with Crippen molar-refractivity contribution in [2.24, 2.45) is 0 Å². The molecule has 4 heteroatoms. The Balaban J connectivity index is 2.50. The number of carbonyl (C=O) groups excluding carboxylic acids is 1. The lowest BCUT2D eigenvalue weighted by Gasteiger charge is -2.28. The summed E-state index contributed by atoms with van der Waals surface area (Å²) in [6.45, 7) is 5.18. The molecule has 0 N–H and O–H groups in total. The van der Waals surface area contributed by atoms with E-state index in [1.54, 1.807) is 13.8 Å². The van der Waals surface area contributed by atoms with Crippen LogP contribution in [0.2, 0.25) is 0 Å². The van der Waals surface area contributed by atoms with Gasteiger partial charge in [0.1, 0.15) is 12.9 Å². The molecule has 1 rings (SSSR count). The molecule has 0 saturated carbocycles. The monoisotopic (exact) mass is 172 g/mol. The van der Waals surface area contributed by atoms with Crippen molar-refractivity contribution in [3.8, 4) is 0 Å². The molecule has 0 aromatic carbocycles. The lowest BCUT2D eigenvalue weighted by Crippen LogP contribution is -2.31. The Kier molecular flexibility index (Phi) is 2.38. The van der Waals surface area contributed by atoms with Crippen molar-refractivity contribution in [3.63, 3.8) is 0 Å². The Morgan fingerprint density at radius 3 is 2.75 bits per heavy atom. The zero-order valence-corrected chi connectivity index (χ0v) is 7.42. The smallest absolute Gasteiger partial charge is 0.307 e. The Morgan fingerprint density at radius 1 is 1.67 bits per heavy atom. The summed E-state index contributed by atoms with van der Waals surface area (Å²) < 4.78 is 15.1. The molecule has 0 saturated heterocycles. The first-order valence-electron chi connectivity index (χ1n) is 3.69. The molecule has 1 aliphatic rings. The van der Waals surface area contributed by atoms with E-state index in [-0.39, 0.29) is 12.6 Å². The van der Waals surface area contributed by atoms with E-state index in [4.69, 9.17) is 14.2 Å². The first kappa shape index (κ1) is 9.06. The van der Waals surface area contributed by atoms with Gasteiger partial charge in [0.25, 0.3) is 0 Å². The maximum Gasteiger partial charge on any atom is 0.307 e. The second-order valence-corrected chi connectivity index (χ2v) is 2.98. The summed E-state index contributed by atoms with van der Waals surface area (Å²) in [5.74, 6) is -0.584. The fourth-order valence-electron chi connectivity index (χ4n) is 0.759. The summed E-state index contributed by atoms with van der Waals surface area (Å²) >= 11 is 0. The van der Waals surface area contributed by atoms with E-state index in [1.165, 1.54) is 13.2 Å². The third kappa shape index (κ3) is 2.54. The molecule has 4 nitrogen and oxygen atoms in total. The molecular formula is C8H12O4. The topological polar surface area (TPSA) is 44.8 Å². The average molecular weight is 172 g/mol. The van der Waals surface area contributed by atoms with Crippen LogP contribution < -0.4 is 0 Å². The SMILES string of the molecule is CC(=O)OC1=COC(C)(C)OC1. The van der Waals surface area contributed by atoms with Gasteiger partial charge in [-0.1, -0.05) is 0 Å². The molecule has 68 valence electrons. The van der Waals surface area contributed by atoms with E-state index in [1.807, 2.05) is 0 Å². The zero-order chi connectivity index (χ0) is 9.19. The van der Waals surface area contributed by atoms with Crippen LogP contribution >= 0.6 is 0 Å². The first-order valence-corrected chi connectivity index (χ1v) is 3.69. The molecule has 0 spiro atoms. The molecule has 0 fully saturated rings. The van der Waals surface area contributed by atoms with Crippen LogP contribution in [0.15, 0.2) is 12.0 Å². The Morgan fingerprint density at radius 2 is 2.33 bits per heavy atom. The maximum absolute atomic E-state index is 10.5. The van der Waals surface area contributed by atoms with Gasteiger partial charge < -0.3 is 14.2 Å². The quantitative estimate of drug-likeness (QED) is 0.557. The molecule has 0 radical (unpaired) electrons. The van der Waals surface area contributed by atoms with Crippen molar-refractivity contribution in [2.45, 2.75) is 26.6 Å². The molecule has 0 aromatic heterocycles. The third-order valence-electron chi connectivity index (χ3n) is 1.31. The molecule has 0 aromatic rings. The van der Waals surface area contributed by atoms with Crippen LogP contribution in [0.1, 0.15) is 20.8 Å². The molecule has 0 unspecified atom stereocenters. The van der Waals surface area contributed by atoms with Gasteiger partial charge in [-0.3, -0.25) is 4.79 Å². The summed E-state index contributed by atoms with van der Waals surface area (Å²) in [4.78, 5) is 10.5. The summed E-state index contributed by atoms with van der Waals surface area (Å²) in [6, 6.07) is 0. The van der Waals surface area contributed by atoms with Gasteiger partial charge in [0.05, 0.1) is 0 Å². The Labute approximate surface area is 71.1 Å². The van der Waals surface area contributed by atoms with Crippen molar-refractivity contribution >= 4 is 5.97 Å². The van der Waals surface area contributed by atoms with Gasteiger partial charge in [0.2, 0.25) is 5.79 Å². The van der Waals surface area contributed by atoms with Crippen LogP contribution in [0.3, 0.4) is 0 Å². The van der Waals surface area contributed by atoms with E-state index in [9.17, 15) is 4.79 Å². The van der Waals surface area contributed by atoms with Crippen LogP contribution in [-0.4, -0.2) is 18.4 Å². The predicted molar refractivity (Wildman–Crippen MR) is 41.0 cm³/mol. The number of ether oxygens (including phenoxy) is 3.